The Morgan fingerprint density at radius 2 is 2.11 bits per heavy atom. The number of aryl methyl sites for hydroxylation is 1. The number of hydrogen-bond donors (Lipinski definition) is 1. The van der Waals surface area contributed by atoms with Crippen molar-refractivity contribution in [3.63, 3.8) is 0 Å². The standard InChI is InChI=1S/C23H25N3O2/c27-23-24-19-8-2-7-17-18-14-25(12-9-20(18)26(23)21(17)19)11-3-6-15-4-1-5-16-10-13-28-22(15)16/h1-2,4-5,7-8,18,20H,3,6,9-14H2,(H,24,27)/t18-,20-/m0/s1. The molecule has 5 nitrogen and oxygen atoms in total. The van der Waals surface area contributed by atoms with Crippen LogP contribution in [0.5, 0.6) is 5.75 Å². The number of benzene rings is 2. The smallest absolute Gasteiger partial charge is 0.326 e. The molecule has 2 atom stereocenters. The molecule has 1 aromatic heterocycles. The van der Waals surface area contributed by atoms with E-state index in [0.717, 1.165) is 68.7 Å². The summed E-state index contributed by atoms with van der Waals surface area (Å²) in [6.07, 6.45) is 4.32. The number of para-hydroxylation sites is 2. The van der Waals surface area contributed by atoms with Crippen LogP contribution in [0.15, 0.2) is 41.2 Å². The number of imidazole rings is 1. The molecular formula is C23H25N3O2. The number of aromatic amines is 1. The number of likely N-dealkylation sites (tertiary alicyclic amines) is 1. The molecule has 1 fully saturated rings. The zero-order valence-corrected chi connectivity index (χ0v) is 16.0. The van der Waals surface area contributed by atoms with E-state index in [0.29, 0.717) is 12.0 Å². The van der Waals surface area contributed by atoms with E-state index in [-0.39, 0.29) is 5.69 Å². The zero-order chi connectivity index (χ0) is 18.7. The van der Waals surface area contributed by atoms with Crippen molar-refractivity contribution >= 4 is 11.0 Å². The van der Waals surface area contributed by atoms with Crippen molar-refractivity contribution in [1.29, 1.82) is 0 Å². The molecule has 3 aromatic rings. The Bertz CT molecular complexity index is 1110. The number of piperidine rings is 1. The quantitative estimate of drug-likeness (QED) is 0.762. The Balaban J connectivity index is 1.16. The number of ether oxygens (including phenoxy) is 1. The van der Waals surface area contributed by atoms with Gasteiger partial charge in [-0.2, -0.15) is 0 Å². The van der Waals surface area contributed by atoms with Gasteiger partial charge in [0.25, 0.3) is 0 Å². The van der Waals surface area contributed by atoms with Crippen LogP contribution in [0.2, 0.25) is 0 Å². The molecule has 5 heteroatoms. The minimum Gasteiger partial charge on any atom is -0.493 e. The van der Waals surface area contributed by atoms with E-state index < -0.39 is 0 Å². The minimum atomic E-state index is 0.0568. The molecule has 6 rings (SSSR count). The molecule has 0 unspecified atom stereocenters. The molecule has 0 aliphatic carbocycles. The fourth-order valence-electron chi connectivity index (χ4n) is 5.62. The van der Waals surface area contributed by atoms with Crippen LogP contribution in [0.3, 0.4) is 0 Å². The van der Waals surface area contributed by atoms with E-state index in [2.05, 4.69) is 40.2 Å². The maximum atomic E-state index is 12.4. The third kappa shape index (κ3) is 2.39. The van der Waals surface area contributed by atoms with Crippen LogP contribution in [0.25, 0.3) is 11.0 Å². The fraction of sp³-hybridized carbons (Fsp3) is 0.435. The number of aromatic nitrogens is 2. The van der Waals surface area contributed by atoms with E-state index in [4.69, 9.17) is 4.74 Å². The Morgan fingerprint density at radius 1 is 1.18 bits per heavy atom. The summed E-state index contributed by atoms with van der Waals surface area (Å²) in [7, 11) is 0. The van der Waals surface area contributed by atoms with Crippen LogP contribution in [0.4, 0.5) is 0 Å². The number of H-pyrrole nitrogens is 1. The molecule has 1 saturated heterocycles. The second-order valence-electron chi connectivity index (χ2n) is 8.41. The summed E-state index contributed by atoms with van der Waals surface area (Å²) in [5.41, 5.74) is 6.26. The summed E-state index contributed by atoms with van der Waals surface area (Å²) in [4.78, 5) is 18.0. The van der Waals surface area contributed by atoms with Crippen LogP contribution in [0.1, 0.15) is 41.5 Å². The molecule has 4 heterocycles. The topological polar surface area (TPSA) is 50.3 Å². The van der Waals surface area contributed by atoms with E-state index in [1.54, 1.807) is 0 Å². The number of rotatable bonds is 4. The lowest BCUT2D eigenvalue weighted by molar-refractivity contribution is 0.168. The van der Waals surface area contributed by atoms with Crippen LogP contribution in [-0.2, 0) is 12.8 Å². The average Bonchev–Trinajstić information content (AvgIpc) is 3.40. The SMILES string of the molecule is O=c1[nH]c2cccc3c2n1[C@H]1CCN(CCCc2cccc4c2OCC4)C[C@@H]31. The molecule has 0 bridgehead atoms. The molecule has 0 saturated carbocycles. The predicted octanol–water partition coefficient (Wildman–Crippen LogP) is 3.24. The number of hydrogen-bond acceptors (Lipinski definition) is 3. The van der Waals surface area contributed by atoms with Crippen molar-refractivity contribution in [1.82, 2.24) is 14.5 Å². The van der Waals surface area contributed by atoms with Gasteiger partial charge in [0.2, 0.25) is 0 Å². The van der Waals surface area contributed by atoms with Crippen LogP contribution in [-0.4, -0.2) is 40.7 Å². The molecule has 3 aliphatic heterocycles. The van der Waals surface area contributed by atoms with Crippen LogP contribution in [0, 0.1) is 0 Å². The van der Waals surface area contributed by atoms with Crippen molar-refractivity contribution in [2.45, 2.75) is 37.6 Å². The monoisotopic (exact) mass is 375 g/mol. The summed E-state index contributed by atoms with van der Waals surface area (Å²) in [6.45, 7) is 4.05. The second kappa shape index (κ2) is 6.24. The number of nitrogens with one attached hydrogen (secondary N) is 1. The highest BCUT2D eigenvalue weighted by Gasteiger charge is 2.39. The van der Waals surface area contributed by atoms with Gasteiger partial charge in [-0.25, -0.2) is 4.79 Å². The maximum Gasteiger partial charge on any atom is 0.326 e. The van der Waals surface area contributed by atoms with Crippen molar-refractivity contribution < 1.29 is 4.74 Å². The molecule has 28 heavy (non-hydrogen) atoms. The first kappa shape index (κ1) is 16.4. The zero-order valence-electron chi connectivity index (χ0n) is 16.0. The molecule has 3 aliphatic rings. The Morgan fingerprint density at radius 3 is 3.07 bits per heavy atom. The first-order valence-corrected chi connectivity index (χ1v) is 10.5. The summed E-state index contributed by atoms with van der Waals surface area (Å²) in [5.74, 6) is 1.58. The van der Waals surface area contributed by atoms with Crippen molar-refractivity contribution in [3.8, 4) is 5.75 Å². The summed E-state index contributed by atoms with van der Waals surface area (Å²) < 4.78 is 7.88. The highest BCUT2D eigenvalue weighted by molar-refractivity contribution is 5.81. The lowest BCUT2D eigenvalue weighted by atomic mass is 9.88. The van der Waals surface area contributed by atoms with Gasteiger partial charge in [-0.1, -0.05) is 30.3 Å². The van der Waals surface area contributed by atoms with Gasteiger partial charge < -0.3 is 14.6 Å². The average molecular weight is 375 g/mol. The lowest BCUT2D eigenvalue weighted by Crippen LogP contribution is -2.40. The van der Waals surface area contributed by atoms with Gasteiger partial charge >= 0.3 is 5.69 Å². The number of fused-ring (bicyclic) bond motifs is 4. The fourth-order valence-corrected chi connectivity index (χ4v) is 5.62. The molecule has 0 spiro atoms. The highest BCUT2D eigenvalue weighted by Crippen LogP contribution is 2.44. The van der Waals surface area contributed by atoms with Gasteiger partial charge in [-0.15, -0.1) is 0 Å². The normalized spacial score (nSPS) is 23.0. The minimum absolute atomic E-state index is 0.0568. The summed E-state index contributed by atoms with van der Waals surface area (Å²) in [5, 5.41) is 0. The highest BCUT2D eigenvalue weighted by atomic mass is 16.5. The van der Waals surface area contributed by atoms with Gasteiger partial charge in [0.05, 0.1) is 17.6 Å². The van der Waals surface area contributed by atoms with Gasteiger partial charge in [0.1, 0.15) is 5.75 Å². The molecule has 144 valence electrons. The van der Waals surface area contributed by atoms with E-state index in [9.17, 15) is 4.79 Å². The van der Waals surface area contributed by atoms with Gasteiger partial charge in [0.15, 0.2) is 0 Å². The van der Waals surface area contributed by atoms with Crippen LogP contribution >= 0.6 is 0 Å². The number of nitrogens with zero attached hydrogens (tertiary/aromatic N) is 2. The second-order valence-corrected chi connectivity index (χ2v) is 8.41. The van der Waals surface area contributed by atoms with Crippen LogP contribution < -0.4 is 10.4 Å². The summed E-state index contributed by atoms with van der Waals surface area (Å²) >= 11 is 0. The predicted molar refractivity (Wildman–Crippen MR) is 109 cm³/mol. The molecule has 0 amide bonds. The summed E-state index contributed by atoms with van der Waals surface area (Å²) in [6, 6.07) is 13.2. The van der Waals surface area contributed by atoms with Crippen molar-refractivity contribution in [3.05, 3.63) is 63.6 Å². The van der Waals surface area contributed by atoms with Crippen molar-refractivity contribution in [2.75, 3.05) is 26.2 Å². The molecule has 0 radical (unpaired) electrons. The third-order valence-electron chi connectivity index (χ3n) is 6.88. The van der Waals surface area contributed by atoms with E-state index in [1.807, 2.05) is 10.6 Å². The van der Waals surface area contributed by atoms with E-state index >= 15 is 0 Å². The van der Waals surface area contributed by atoms with Gasteiger partial charge in [-0.3, -0.25) is 4.57 Å². The van der Waals surface area contributed by atoms with Gasteiger partial charge in [-0.05, 0) is 48.6 Å². The Kier molecular flexibility index (Phi) is 3.66. The Hall–Kier alpha value is -2.53. The van der Waals surface area contributed by atoms with E-state index in [1.165, 1.54) is 16.7 Å². The van der Waals surface area contributed by atoms with Gasteiger partial charge in [0, 0.05) is 31.5 Å². The first-order valence-electron chi connectivity index (χ1n) is 10.5. The largest absolute Gasteiger partial charge is 0.493 e. The maximum absolute atomic E-state index is 12.4. The van der Waals surface area contributed by atoms with Crippen molar-refractivity contribution in [2.24, 2.45) is 0 Å². The Labute approximate surface area is 163 Å². The third-order valence-corrected chi connectivity index (χ3v) is 6.88. The lowest BCUT2D eigenvalue weighted by Gasteiger charge is -2.35. The molecular weight excluding hydrogens is 350 g/mol. The first-order chi connectivity index (χ1) is 13.8. The molecule has 1 N–H and O–H groups in total. The molecule has 2 aromatic carbocycles.